The fraction of sp³-hybridized carbons (Fsp3) is 1.00. The molecule has 23 heavy (non-hydrogen) atoms. The second kappa shape index (κ2) is 6.51. The molecule has 6 heteroatoms. The van der Waals surface area contributed by atoms with Crippen LogP contribution in [0.1, 0.15) is 53.4 Å². The van der Waals surface area contributed by atoms with E-state index < -0.39 is 17.8 Å². The van der Waals surface area contributed by atoms with Crippen molar-refractivity contribution in [2.45, 2.75) is 76.8 Å². The van der Waals surface area contributed by atoms with E-state index in [0.29, 0.717) is 25.9 Å². The zero-order valence-corrected chi connectivity index (χ0v) is 14.7. The van der Waals surface area contributed by atoms with Gasteiger partial charge in [-0.3, -0.25) is 9.80 Å². The number of likely N-dealkylation sites (tertiary alicyclic amines) is 2. The van der Waals surface area contributed by atoms with Crippen molar-refractivity contribution in [3.05, 3.63) is 0 Å². The van der Waals surface area contributed by atoms with E-state index in [-0.39, 0.29) is 31.1 Å². The van der Waals surface area contributed by atoms with E-state index in [0.717, 1.165) is 6.42 Å². The van der Waals surface area contributed by atoms with E-state index in [1.54, 1.807) is 4.90 Å². The number of hydrogen-bond donors (Lipinski definition) is 0. The van der Waals surface area contributed by atoms with Gasteiger partial charge < -0.3 is 0 Å². The molecule has 0 aromatic rings. The maximum atomic E-state index is 14.7. The molecule has 0 aliphatic carbocycles. The smallest absolute Gasteiger partial charge is 0.263 e. The van der Waals surface area contributed by atoms with Crippen molar-refractivity contribution in [3.63, 3.8) is 0 Å². The van der Waals surface area contributed by atoms with E-state index in [4.69, 9.17) is 0 Å². The molecule has 2 aliphatic heterocycles. The van der Waals surface area contributed by atoms with E-state index in [2.05, 4.69) is 0 Å². The van der Waals surface area contributed by atoms with E-state index in [9.17, 15) is 17.6 Å². The lowest BCUT2D eigenvalue weighted by Gasteiger charge is -2.38. The van der Waals surface area contributed by atoms with Gasteiger partial charge in [0.25, 0.3) is 11.8 Å². The van der Waals surface area contributed by atoms with Crippen LogP contribution in [0.4, 0.5) is 17.6 Å². The molecule has 0 bridgehead atoms. The summed E-state index contributed by atoms with van der Waals surface area (Å²) in [6.45, 7) is 8.13. The third-order valence-electron chi connectivity index (χ3n) is 5.38. The van der Waals surface area contributed by atoms with Crippen molar-refractivity contribution < 1.29 is 17.6 Å². The zero-order valence-electron chi connectivity index (χ0n) is 14.7. The van der Waals surface area contributed by atoms with Crippen molar-refractivity contribution in [2.24, 2.45) is 5.92 Å². The molecule has 0 spiro atoms. The highest BCUT2D eigenvalue weighted by molar-refractivity contribution is 4.92. The molecule has 2 rings (SSSR count). The van der Waals surface area contributed by atoms with Crippen LogP contribution in [-0.4, -0.2) is 59.4 Å². The molecule has 2 saturated heterocycles. The minimum absolute atomic E-state index is 0.157. The van der Waals surface area contributed by atoms with Gasteiger partial charge >= 0.3 is 0 Å². The molecule has 2 nitrogen and oxygen atoms in total. The van der Waals surface area contributed by atoms with Gasteiger partial charge in [-0.05, 0) is 53.5 Å². The molecule has 0 aromatic heterocycles. The van der Waals surface area contributed by atoms with E-state index >= 15 is 0 Å². The Morgan fingerprint density at radius 2 is 1.74 bits per heavy atom. The molecule has 2 aliphatic rings. The fourth-order valence-electron chi connectivity index (χ4n) is 3.76. The van der Waals surface area contributed by atoms with Gasteiger partial charge in [0.05, 0.1) is 13.1 Å². The highest BCUT2D eigenvalue weighted by Gasteiger charge is 2.46. The Labute approximate surface area is 137 Å². The second-order valence-electron chi connectivity index (χ2n) is 8.35. The molecule has 2 atom stereocenters. The Kier molecular flexibility index (Phi) is 5.37. The number of nitrogens with zero attached hydrogens (tertiary/aromatic N) is 2. The quantitative estimate of drug-likeness (QED) is 0.710. The Morgan fingerprint density at radius 3 is 2.26 bits per heavy atom. The average molecular weight is 338 g/mol. The summed E-state index contributed by atoms with van der Waals surface area (Å²) < 4.78 is 56.1. The van der Waals surface area contributed by atoms with Crippen molar-refractivity contribution in [1.82, 2.24) is 9.80 Å². The minimum Gasteiger partial charge on any atom is -0.295 e. The van der Waals surface area contributed by atoms with Crippen LogP contribution >= 0.6 is 0 Å². The lowest BCUT2D eigenvalue weighted by Crippen LogP contribution is -2.49. The van der Waals surface area contributed by atoms with Gasteiger partial charge in [0, 0.05) is 30.5 Å². The van der Waals surface area contributed by atoms with Gasteiger partial charge in [-0.2, -0.15) is 0 Å². The Morgan fingerprint density at radius 1 is 1.09 bits per heavy atom. The predicted octanol–water partition coefficient (Wildman–Crippen LogP) is 4.25. The molecule has 0 N–H and O–H groups in total. The zero-order chi connectivity index (χ0) is 17.5. The number of hydrogen-bond acceptors (Lipinski definition) is 2. The van der Waals surface area contributed by atoms with Gasteiger partial charge in [-0.1, -0.05) is 0 Å². The third kappa shape index (κ3) is 4.81. The summed E-state index contributed by atoms with van der Waals surface area (Å²) in [5, 5.41) is 0. The first-order chi connectivity index (χ1) is 10.4. The first-order valence-electron chi connectivity index (χ1n) is 8.65. The monoisotopic (exact) mass is 338 g/mol. The molecular formula is C17H30F4N2. The standard InChI is InChI=1S/C17H30F4N2/c1-13(22-9-7-16(18,19)11-22)10-14-6-5-8-23(15(2,3)4)12-17(14,20)21/h13-14H,5-12H2,1-4H3. The highest BCUT2D eigenvalue weighted by Crippen LogP contribution is 2.39. The van der Waals surface area contributed by atoms with Gasteiger partial charge in [0.1, 0.15) is 0 Å². The molecule has 0 aromatic carbocycles. The van der Waals surface area contributed by atoms with Crippen molar-refractivity contribution >= 4 is 0 Å². The average Bonchev–Trinajstić information content (AvgIpc) is 2.67. The first-order valence-corrected chi connectivity index (χ1v) is 8.65. The summed E-state index contributed by atoms with van der Waals surface area (Å²) in [6.07, 6.45) is 1.34. The minimum atomic E-state index is -2.76. The Balaban J connectivity index is 1.99. The van der Waals surface area contributed by atoms with Crippen molar-refractivity contribution in [2.75, 3.05) is 26.2 Å². The third-order valence-corrected chi connectivity index (χ3v) is 5.38. The van der Waals surface area contributed by atoms with Crippen LogP contribution in [0.2, 0.25) is 0 Å². The SMILES string of the molecule is CC(CC1CCCN(C(C)(C)C)CC1(F)F)N1CCC(F)(F)C1. The second-order valence-corrected chi connectivity index (χ2v) is 8.35. The van der Waals surface area contributed by atoms with E-state index in [1.165, 1.54) is 0 Å². The Hall–Kier alpha value is -0.360. The lowest BCUT2D eigenvalue weighted by atomic mass is 9.90. The van der Waals surface area contributed by atoms with Gasteiger partial charge in [0.15, 0.2) is 0 Å². The van der Waals surface area contributed by atoms with Crippen LogP contribution in [0.15, 0.2) is 0 Å². The Bertz CT molecular complexity index is 406. The van der Waals surface area contributed by atoms with Gasteiger partial charge in [0.2, 0.25) is 0 Å². The molecule has 2 heterocycles. The maximum Gasteiger partial charge on any atom is 0.263 e. The number of alkyl halides is 4. The highest BCUT2D eigenvalue weighted by atomic mass is 19.3. The van der Waals surface area contributed by atoms with Crippen LogP contribution < -0.4 is 0 Å². The normalized spacial score (nSPS) is 31.0. The summed E-state index contributed by atoms with van der Waals surface area (Å²) in [6, 6.07) is -0.222. The molecule has 2 fully saturated rings. The van der Waals surface area contributed by atoms with Crippen molar-refractivity contribution in [1.29, 1.82) is 0 Å². The van der Waals surface area contributed by atoms with Crippen LogP contribution in [0.3, 0.4) is 0 Å². The first kappa shape index (κ1) is 19.0. The summed E-state index contributed by atoms with van der Waals surface area (Å²) in [5.74, 6) is -6.15. The molecule has 0 amide bonds. The molecule has 136 valence electrons. The maximum absolute atomic E-state index is 14.7. The number of rotatable bonds is 3. The van der Waals surface area contributed by atoms with Gasteiger partial charge in [-0.15, -0.1) is 0 Å². The fourth-order valence-corrected chi connectivity index (χ4v) is 3.76. The number of halogens is 4. The van der Waals surface area contributed by atoms with Crippen LogP contribution in [0.25, 0.3) is 0 Å². The van der Waals surface area contributed by atoms with Gasteiger partial charge in [-0.25, -0.2) is 17.6 Å². The van der Waals surface area contributed by atoms with Crippen LogP contribution in [-0.2, 0) is 0 Å². The van der Waals surface area contributed by atoms with E-state index in [1.807, 2.05) is 32.6 Å². The predicted molar refractivity (Wildman–Crippen MR) is 84.2 cm³/mol. The summed E-state index contributed by atoms with van der Waals surface area (Å²) in [4.78, 5) is 3.52. The van der Waals surface area contributed by atoms with Crippen LogP contribution in [0, 0.1) is 5.92 Å². The molecule has 2 unspecified atom stereocenters. The largest absolute Gasteiger partial charge is 0.295 e. The molecule has 0 saturated carbocycles. The topological polar surface area (TPSA) is 6.48 Å². The molecule has 0 radical (unpaired) electrons. The molecular weight excluding hydrogens is 308 g/mol. The van der Waals surface area contributed by atoms with Crippen LogP contribution in [0.5, 0.6) is 0 Å². The summed E-state index contributed by atoms with van der Waals surface area (Å²) in [5.41, 5.74) is -0.277. The lowest BCUT2D eigenvalue weighted by molar-refractivity contribution is -0.0931. The summed E-state index contributed by atoms with van der Waals surface area (Å²) in [7, 11) is 0. The summed E-state index contributed by atoms with van der Waals surface area (Å²) >= 11 is 0. The van der Waals surface area contributed by atoms with Crippen molar-refractivity contribution in [3.8, 4) is 0 Å².